The SMILES string of the molecule is N#CC#Cc1cc(F)c(C#N)cc1F. The van der Waals surface area contributed by atoms with E-state index in [1.165, 1.54) is 12.1 Å². The van der Waals surface area contributed by atoms with Crippen LogP contribution in [0, 0.1) is 46.1 Å². The van der Waals surface area contributed by atoms with E-state index in [2.05, 4.69) is 5.92 Å². The lowest BCUT2D eigenvalue weighted by Crippen LogP contribution is -1.90. The molecule has 0 fully saturated rings. The first-order valence-electron chi connectivity index (χ1n) is 3.48. The summed E-state index contributed by atoms with van der Waals surface area (Å²) in [6.07, 6.45) is 0. The van der Waals surface area contributed by atoms with Crippen LogP contribution in [0.15, 0.2) is 12.1 Å². The van der Waals surface area contributed by atoms with Gasteiger partial charge in [-0.2, -0.15) is 10.5 Å². The highest BCUT2D eigenvalue weighted by Gasteiger charge is 2.07. The first kappa shape index (κ1) is 9.71. The van der Waals surface area contributed by atoms with Crippen molar-refractivity contribution in [1.82, 2.24) is 0 Å². The van der Waals surface area contributed by atoms with Crippen LogP contribution in [0.1, 0.15) is 11.1 Å². The third-order valence-corrected chi connectivity index (χ3v) is 1.43. The molecule has 0 bridgehead atoms. The van der Waals surface area contributed by atoms with Gasteiger partial charge in [-0.1, -0.05) is 0 Å². The molecule has 0 saturated carbocycles. The standard InChI is InChI=1S/C10H2F2N2/c11-9-5-8(6-14)10(12)4-7(9)2-1-3-13/h4-5H. The molecule has 0 amide bonds. The Hall–Kier alpha value is -2.38. The van der Waals surface area contributed by atoms with Crippen molar-refractivity contribution in [3.05, 3.63) is 34.9 Å². The van der Waals surface area contributed by atoms with Crippen molar-refractivity contribution in [3.63, 3.8) is 0 Å². The molecular weight excluding hydrogens is 186 g/mol. The second-order valence-corrected chi connectivity index (χ2v) is 2.29. The molecule has 4 heteroatoms. The summed E-state index contributed by atoms with van der Waals surface area (Å²) in [7, 11) is 0. The highest BCUT2D eigenvalue weighted by molar-refractivity contribution is 5.43. The molecule has 0 atom stereocenters. The first-order valence-corrected chi connectivity index (χ1v) is 3.48. The number of nitriles is 2. The fourth-order valence-electron chi connectivity index (χ4n) is 0.824. The van der Waals surface area contributed by atoms with E-state index in [4.69, 9.17) is 10.5 Å². The van der Waals surface area contributed by atoms with Crippen LogP contribution in [-0.2, 0) is 0 Å². The maximum absolute atomic E-state index is 13.0. The molecule has 14 heavy (non-hydrogen) atoms. The second kappa shape index (κ2) is 4.03. The average molecular weight is 188 g/mol. The molecule has 0 spiro atoms. The van der Waals surface area contributed by atoms with Gasteiger partial charge in [0.1, 0.15) is 17.7 Å². The van der Waals surface area contributed by atoms with Gasteiger partial charge in [-0.05, 0) is 18.1 Å². The molecular formula is C10H2F2N2. The molecule has 0 unspecified atom stereocenters. The summed E-state index contributed by atoms with van der Waals surface area (Å²) < 4.78 is 25.9. The van der Waals surface area contributed by atoms with E-state index in [1.807, 2.05) is 5.92 Å². The summed E-state index contributed by atoms with van der Waals surface area (Å²) in [5.74, 6) is 2.39. The number of hydrogen-bond acceptors (Lipinski definition) is 2. The molecule has 1 aromatic rings. The number of benzene rings is 1. The first-order chi connectivity index (χ1) is 6.69. The predicted molar refractivity (Wildman–Crippen MR) is 43.6 cm³/mol. The van der Waals surface area contributed by atoms with Gasteiger partial charge in [0.25, 0.3) is 0 Å². The average Bonchev–Trinajstić information content (AvgIpc) is 2.18. The van der Waals surface area contributed by atoms with Gasteiger partial charge >= 0.3 is 0 Å². The maximum Gasteiger partial charge on any atom is 0.152 e. The molecule has 0 N–H and O–H groups in total. The third kappa shape index (κ3) is 1.86. The highest BCUT2D eigenvalue weighted by Crippen LogP contribution is 2.13. The van der Waals surface area contributed by atoms with Crippen LogP contribution in [0.5, 0.6) is 0 Å². The monoisotopic (exact) mass is 188 g/mol. The Kier molecular flexibility index (Phi) is 2.79. The highest BCUT2D eigenvalue weighted by atomic mass is 19.1. The predicted octanol–water partition coefficient (Wildman–Crippen LogP) is 1.71. The normalized spacial score (nSPS) is 8.00. The second-order valence-electron chi connectivity index (χ2n) is 2.29. The topological polar surface area (TPSA) is 47.6 Å². The van der Waals surface area contributed by atoms with Crippen LogP contribution in [-0.4, -0.2) is 0 Å². The molecule has 0 aliphatic heterocycles. The van der Waals surface area contributed by atoms with Crippen molar-refractivity contribution in [3.8, 4) is 24.0 Å². The summed E-state index contributed by atoms with van der Waals surface area (Å²) in [6.45, 7) is 0. The van der Waals surface area contributed by atoms with Crippen molar-refractivity contribution in [2.45, 2.75) is 0 Å². The maximum atomic E-state index is 13.0. The molecule has 0 heterocycles. The molecule has 1 aromatic carbocycles. The molecule has 0 aliphatic rings. The Labute approximate surface area is 79.0 Å². The quantitative estimate of drug-likeness (QED) is 0.582. The van der Waals surface area contributed by atoms with Gasteiger partial charge in [-0.15, -0.1) is 0 Å². The van der Waals surface area contributed by atoms with Gasteiger partial charge < -0.3 is 0 Å². The lowest BCUT2D eigenvalue weighted by molar-refractivity contribution is 0.594. The van der Waals surface area contributed by atoms with Gasteiger partial charge in [-0.3, -0.25) is 0 Å². The minimum Gasteiger partial charge on any atom is -0.206 e. The molecule has 0 saturated heterocycles. The Morgan fingerprint density at radius 3 is 2.14 bits per heavy atom. The zero-order valence-electron chi connectivity index (χ0n) is 6.81. The summed E-state index contributed by atoms with van der Waals surface area (Å²) in [5.41, 5.74) is -0.618. The van der Waals surface area contributed by atoms with Crippen LogP contribution >= 0.6 is 0 Å². The molecule has 0 aliphatic carbocycles. The summed E-state index contributed by atoms with van der Waals surface area (Å²) >= 11 is 0. The number of hydrogen-bond donors (Lipinski definition) is 0. The zero-order valence-corrected chi connectivity index (χ0v) is 6.81. The number of halogens is 2. The van der Waals surface area contributed by atoms with E-state index < -0.39 is 11.6 Å². The molecule has 0 aromatic heterocycles. The van der Waals surface area contributed by atoms with Gasteiger partial charge in [-0.25, -0.2) is 8.78 Å². The fraction of sp³-hybridized carbons (Fsp3) is 0. The van der Waals surface area contributed by atoms with Crippen LogP contribution in [0.25, 0.3) is 0 Å². The Morgan fingerprint density at radius 1 is 1.00 bits per heavy atom. The van der Waals surface area contributed by atoms with Gasteiger partial charge in [0.15, 0.2) is 6.07 Å². The molecule has 1 rings (SSSR count). The fourth-order valence-corrected chi connectivity index (χ4v) is 0.824. The molecule has 66 valence electrons. The van der Waals surface area contributed by atoms with Crippen LogP contribution in [0.3, 0.4) is 0 Å². The summed E-state index contributed by atoms with van der Waals surface area (Å²) in [4.78, 5) is 0. The van der Waals surface area contributed by atoms with Gasteiger partial charge in [0.2, 0.25) is 0 Å². The van der Waals surface area contributed by atoms with Crippen LogP contribution in [0.2, 0.25) is 0 Å². The van der Waals surface area contributed by atoms with E-state index in [-0.39, 0.29) is 11.1 Å². The molecule has 0 radical (unpaired) electrons. The third-order valence-electron chi connectivity index (χ3n) is 1.43. The van der Waals surface area contributed by atoms with Crippen molar-refractivity contribution in [2.24, 2.45) is 0 Å². The zero-order chi connectivity index (χ0) is 10.6. The Morgan fingerprint density at radius 2 is 1.57 bits per heavy atom. The lowest BCUT2D eigenvalue weighted by Gasteiger charge is -1.96. The van der Waals surface area contributed by atoms with Gasteiger partial charge in [0, 0.05) is 5.92 Å². The van der Waals surface area contributed by atoms with Crippen LogP contribution in [0.4, 0.5) is 8.78 Å². The Balaban J connectivity index is 3.32. The number of nitrogens with zero attached hydrogens (tertiary/aromatic N) is 2. The number of rotatable bonds is 0. The lowest BCUT2D eigenvalue weighted by atomic mass is 10.1. The van der Waals surface area contributed by atoms with Crippen LogP contribution < -0.4 is 0 Å². The summed E-state index contributed by atoms with van der Waals surface area (Å²) in [6, 6.07) is 4.50. The van der Waals surface area contributed by atoms with E-state index in [1.54, 1.807) is 0 Å². The van der Waals surface area contributed by atoms with Crippen molar-refractivity contribution in [1.29, 1.82) is 10.5 Å². The largest absolute Gasteiger partial charge is 0.206 e. The minimum absolute atomic E-state index is 0.233. The van der Waals surface area contributed by atoms with Crippen molar-refractivity contribution >= 4 is 0 Å². The van der Waals surface area contributed by atoms with E-state index in [9.17, 15) is 8.78 Å². The summed E-state index contributed by atoms with van der Waals surface area (Å²) in [5, 5.41) is 16.5. The van der Waals surface area contributed by atoms with Crippen molar-refractivity contribution in [2.75, 3.05) is 0 Å². The van der Waals surface area contributed by atoms with E-state index >= 15 is 0 Å². The van der Waals surface area contributed by atoms with E-state index in [0.29, 0.717) is 0 Å². The van der Waals surface area contributed by atoms with E-state index in [0.717, 1.165) is 12.1 Å². The Bertz CT molecular complexity index is 510. The smallest absolute Gasteiger partial charge is 0.152 e. The van der Waals surface area contributed by atoms with Gasteiger partial charge in [0.05, 0.1) is 11.1 Å². The molecule has 2 nitrogen and oxygen atoms in total. The van der Waals surface area contributed by atoms with Crippen molar-refractivity contribution < 1.29 is 8.78 Å². The minimum atomic E-state index is -0.851.